The Balaban J connectivity index is -0.000000720. The van der Waals surface area contributed by atoms with E-state index in [-0.39, 0.29) is 59.1 Å². The first-order valence-corrected chi connectivity index (χ1v) is 3.17. The molecule has 0 fully saturated rings. The second kappa shape index (κ2) is 9.59. The van der Waals surface area contributed by atoms with E-state index in [1.165, 1.54) is 0 Å². The molecule has 0 aromatic carbocycles. The maximum Gasteiger partial charge on any atom is 1.00 e. The van der Waals surface area contributed by atoms with Crippen molar-refractivity contribution in [3.63, 3.8) is 0 Å². The summed E-state index contributed by atoms with van der Waals surface area (Å²) in [4.78, 5) is 30.2. The molecule has 2 atom stereocenters. The monoisotopic (exact) mass is 236 g/mol. The Morgan fingerprint density at radius 2 is 1.53 bits per heavy atom. The van der Waals surface area contributed by atoms with E-state index in [4.69, 9.17) is 10.2 Å². The molecule has 0 amide bonds. The molecule has 0 bridgehead atoms. The minimum Gasteiger partial charge on any atom is -0.550 e. The van der Waals surface area contributed by atoms with E-state index in [2.05, 4.69) is 0 Å². The third-order valence-corrected chi connectivity index (χ3v) is 1.32. The molecule has 0 aliphatic rings. The molecule has 0 aliphatic carbocycles. The van der Waals surface area contributed by atoms with Crippen molar-refractivity contribution in [2.45, 2.75) is 12.5 Å². The Morgan fingerprint density at radius 3 is 1.73 bits per heavy atom. The summed E-state index contributed by atoms with van der Waals surface area (Å²) in [6, 6.07) is 0. The molecule has 0 saturated carbocycles. The van der Waals surface area contributed by atoms with Gasteiger partial charge in [-0.05, 0) is 6.42 Å². The van der Waals surface area contributed by atoms with Gasteiger partial charge in [0.25, 0.3) is 0 Å². The van der Waals surface area contributed by atoms with E-state index in [1.807, 2.05) is 0 Å². The van der Waals surface area contributed by atoms with Gasteiger partial charge in [-0.1, -0.05) is 0 Å². The van der Waals surface area contributed by atoms with Crippen LogP contribution in [0.2, 0.25) is 0 Å². The third kappa shape index (κ3) is 8.21. The summed E-state index contributed by atoms with van der Waals surface area (Å²) in [6.45, 7) is 0. The van der Waals surface area contributed by atoms with Crippen molar-refractivity contribution in [2.24, 2.45) is 5.92 Å². The van der Waals surface area contributed by atoms with Crippen LogP contribution in [0.3, 0.4) is 0 Å². The van der Waals surface area contributed by atoms with Gasteiger partial charge >= 0.3 is 65.1 Å². The van der Waals surface area contributed by atoms with Crippen molar-refractivity contribution in [1.82, 2.24) is 0 Å². The van der Waals surface area contributed by atoms with Crippen LogP contribution in [0.4, 0.5) is 0 Å². The molecule has 9 heteroatoms. The van der Waals surface area contributed by atoms with Gasteiger partial charge < -0.3 is 30.0 Å². The fourth-order valence-corrected chi connectivity index (χ4v) is 0.676. The first-order chi connectivity index (χ1) is 5.86. The molecule has 2 unspecified atom stereocenters. The minimum absolute atomic E-state index is 0. The van der Waals surface area contributed by atoms with Crippen LogP contribution >= 0.6 is 0 Å². The standard InChI is InChI=1S/C6H8O7.2Na/c7-3(8)1-2(5(10)11)4(9)6(12)13;;/h2,4,9H,1H2,(H,7,8)(H,10,11)(H,12,13);;/q;2*+1/p-2. The average Bonchev–Trinajstić information content (AvgIpc) is 1.97. The molecule has 0 aromatic rings. The topological polar surface area (TPSA) is 138 Å². The molecule has 0 rings (SSSR count). The second-order valence-corrected chi connectivity index (χ2v) is 2.28. The number of aliphatic hydroxyl groups excluding tert-OH is 1. The van der Waals surface area contributed by atoms with Gasteiger partial charge in [-0.3, -0.25) is 0 Å². The molecule has 0 saturated heterocycles. The molecule has 15 heavy (non-hydrogen) atoms. The van der Waals surface area contributed by atoms with E-state index in [0.29, 0.717) is 0 Å². The van der Waals surface area contributed by atoms with Crippen molar-refractivity contribution < 1.29 is 93.9 Å². The normalized spacial score (nSPS) is 12.6. The molecular formula is C6H6Na2O7. The van der Waals surface area contributed by atoms with Gasteiger partial charge in [0.1, 0.15) is 0 Å². The summed E-state index contributed by atoms with van der Waals surface area (Å²) in [7, 11) is 0. The Kier molecular flexibility index (Phi) is 13.3. The summed E-state index contributed by atoms with van der Waals surface area (Å²) in [6.07, 6.45) is -3.40. The summed E-state index contributed by atoms with van der Waals surface area (Å²) in [5.74, 6) is -7.54. The third-order valence-electron chi connectivity index (χ3n) is 1.32. The Labute approximate surface area is 129 Å². The van der Waals surface area contributed by atoms with Gasteiger partial charge in [0.15, 0.2) is 6.10 Å². The number of hydrogen-bond donors (Lipinski definition) is 2. The zero-order chi connectivity index (χ0) is 10.6. The first kappa shape index (κ1) is 20.7. The second-order valence-electron chi connectivity index (χ2n) is 2.28. The molecule has 0 heterocycles. The van der Waals surface area contributed by atoms with E-state index < -0.39 is 36.4 Å². The number of carboxylic acids is 3. The molecule has 0 radical (unpaired) electrons. The average molecular weight is 236 g/mol. The van der Waals surface area contributed by atoms with Crippen LogP contribution in [-0.4, -0.2) is 34.2 Å². The molecule has 0 aromatic heterocycles. The number of carboxylic acid groups (broad SMARTS) is 3. The van der Waals surface area contributed by atoms with E-state index in [1.54, 1.807) is 0 Å². The van der Waals surface area contributed by atoms with E-state index in [9.17, 15) is 24.6 Å². The van der Waals surface area contributed by atoms with Crippen LogP contribution in [0, 0.1) is 5.92 Å². The predicted molar refractivity (Wildman–Crippen MR) is 31.8 cm³/mol. The minimum atomic E-state index is -2.30. The molecule has 0 aliphatic heterocycles. The number of carbonyl (C=O) groups is 3. The first-order valence-electron chi connectivity index (χ1n) is 3.17. The summed E-state index contributed by atoms with van der Waals surface area (Å²) in [5, 5.41) is 36.9. The van der Waals surface area contributed by atoms with Gasteiger partial charge in [-0.15, -0.1) is 0 Å². The summed E-state index contributed by atoms with van der Waals surface area (Å²) >= 11 is 0. The van der Waals surface area contributed by atoms with Crippen LogP contribution in [0.15, 0.2) is 0 Å². The fourth-order valence-electron chi connectivity index (χ4n) is 0.676. The van der Waals surface area contributed by atoms with E-state index in [0.717, 1.165) is 0 Å². The van der Waals surface area contributed by atoms with Crippen LogP contribution in [0.1, 0.15) is 6.42 Å². The SMILES string of the molecule is O=C([O-])CC(C(=O)[O-])C(O)C(=O)O.[Na+].[Na+]. The van der Waals surface area contributed by atoms with Gasteiger partial charge in [-0.25, -0.2) is 4.79 Å². The summed E-state index contributed by atoms with van der Waals surface area (Å²) < 4.78 is 0. The number of aliphatic carboxylic acids is 3. The Hall–Kier alpha value is 0.370. The maximum atomic E-state index is 10.2. The fraction of sp³-hybridized carbons (Fsp3) is 0.500. The molecule has 2 N–H and O–H groups in total. The predicted octanol–water partition coefficient (Wildman–Crippen LogP) is -10.1. The van der Waals surface area contributed by atoms with Gasteiger partial charge in [0, 0.05) is 17.9 Å². The van der Waals surface area contributed by atoms with Crippen molar-refractivity contribution in [3.8, 4) is 0 Å². The molecule has 0 spiro atoms. The van der Waals surface area contributed by atoms with Crippen LogP contribution in [0.5, 0.6) is 0 Å². The maximum absolute atomic E-state index is 10.2. The van der Waals surface area contributed by atoms with Crippen molar-refractivity contribution in [3.05, 3.63) is 0 Å². The Bertz CT molecular complexity index is 242. The molecule has 7 nitrogen and oxygen atoms in total. The van der Waals surface area contributed by atoms with Crippen molar-refractivity contribution >= 4 is 17.9 Å². The molecular weight excluding hydrogens is 230 g/mol. The van der Waals surface area contributed by atoms with E-state index >= 15 is 0 Å². The van der Waals surface area contributed by atoms with Crippen LogP contribution in [0.25, 0.3) is 0 Å². The largest absolute Gasteiger partial charge is 1.00 e. The quantitative estimate of drug-likeness (QED) is 0.452. The van der Waals surface area contributed by atoms with Gasteiger partial charge in [0.2, 0.25) is 0 Å². The number of hydrogen-bond acceptors (Lipinski definition) is 6. The van der Waals surface area contributed by atoms with Gasteiger partial charge in [0.05, 0.1) is 0 Å². The Morgan fingerprint density at radius 1 is 1.13 bits per heavy atom. The zero-order valence-corrected chi connectivity index (χ0v) is 12.3. The van der Waals surface area contributed by atoms with Crippen LogP contribution in [-0.2, 0) is 14.4 Å². The smallest absolute Gasteiger partial charge is 0.550 e. The summed E-state index contributed by atoms with van der Waals surface area (Å²) in [5.41, 5.74) is 0. The molecule has 74 valence electrons. The number of carbonyl (C=O) groups excluding carboxylic acids is 2. The van der Waals surface area contributed by atoms with Gasteiger partial charge in [-0.2, -0.15) is 0 Å². The van der Waals surface area contributed by atoms with Crippen molar-refractivity contribution in [1.29, 1.82) is 0 Å². The number of aliphatic hydroxyl groups is 1. The van der Waals surface area contributed by atoms with Crippen molar-refractivity contribution in [2.75, 3.05) is 0 Å². The van der Waals surface area contributed by atoms with Crippen LogP contribution < -0.4 is 69.3 Å². The number of rotatable bonds is 5. The zero-order valence-electron chi connectivity index (χ0n) is 8.30.